The summed E-state index contributed by atoms with van der Waals surface area (Å²) in [7, 11) is 0. The Morgan fingerprint density at radius 3 is 2.58 bits per heavy atom. The molecule has 1 atom stereocenters. The largest absolute Gasteiger partial charge is 1.00 e. The van der Waals surface area contributed by atoms with Crippen molar-refractivity contribution in [3.05, 3.63) is 56.4 Å². The Balaban J connectivity index is 0.00000169. The Kier molecular flexibility index (Phi) is 9.41. The summed E-state index contributed by atoms with van der Waals surface area (Å²) in [6.45, 7) is 6.49. The molecule has 1 aromatic rings. The number of halogens is 2. The number of benzene rings is 1. The maximum Gasteiger partial charge on any atom is -1.00 e. The van der Waals surface area contributed by atoms with Crippen molar-refractivity contribution in [1.82, 2.24) is 0 Å². The zero-order valence-electron chi connectivity index (χ0n) is 15.9. The molecule has 1 unspecified atom stereocenters. The molecule has 4 heteroatoms. The fourth-order valence-corrected chi connectivity index (χ4v) is 7.66. The van der Waals surface area contributed by atoms with Gasteiger partial charge in [-0.15, -0.1) is 0 Å². The second-order valence-corrected chi connectivity index (χ2v) is 12.0. The van der Waals surface area contributed by atoms with Crippen LogP contribution in [0.4, 0.5) is 0 Å². The number of aromatic hydroxyl groups is 1. The van der Waals surface area contributed by atoms with Crippen molar-refractivity contribution in [3.63, 3.8) is 0 Å². The van der Waals surface area contributed by atoms with Crippen molar-refractivity contribution in [3.8, 4) is 5.75 Å². The molecule has 2 aliphatic rings. The van der Waals surface area contributed by atoms with Crippen molar-refractivity contribution in [2.45, 2.75) is 61.9 Å². The minimum absolute atomic E-state index is 0. The number of para-hydroxylation sites is 1. The Morgan fingerprint density at radius 1 is 1.15 bits per heavy atom. The van der Waals surface area contributed by atoms with Crippen LogP contribution in [0.3, 0.4) is 0 Å². The monoisotopic (exact) mass is 468 g/mol. The number of phenolic OH excluding ortho intramolecular Hbond substituents is 1. The first-order valence-electron chi connectivity index (χ1n) is 9.10. The molecule has 3 rings (SSSR count). The van der Waals surface area contributed by atoms with Crippen LogP contribution in [0.2, 0.25) is 3.63 Å². The number of hydrogen-bond donors (Lipinski definition) is 1. The minimum Gasteiger partial charge on any atom is -1.00 e. The van der Waals surface area contributed by atoms with Crippen molar-refractivity contribution in [1.29, 1.82) is 0 Å². The molecule has 1 nitrogen and oxygen atoms in total. The minimum atomic E-state index is -0.536. The van der Waals surface area contributed by atoms with Gasteiger partial charge >= 0.3 is 158 Å². The Bertz CT molecular complexity index is 699. The van der Waals surface area contributed by atoms with E-state index in [2.05, 4.69) is 63.3 Å². The van der Waals surface area contributed by atoms with Gasteiger partial charge in [0, 0.05) is 0 Å². The summed E-state index contributed by atoms with van der Waals surface area (Å²) in [5.41, 5.74) is 3.64. The van der Waals surface area contributed by atoms with Gasteiger partial charge in [0.1, 0.15) is 0 Å². The van der Waals surface area contributed by atoms with E-state index in [0.29, 0.717) is 5.75 Å². The van der Waals surface area contributed by atoms with Crippen LogP contribution in [-0.2, 0) is 28.6 Å². The van der Waals surface area contributed by atoms with E-state index in [4.69, 9.17) is 0 Å². The van der Waals surface area contributed by atoms with Gasteiger partial charge in [-0.3, -0.25) is 0 Å². The van der Waals surface area contributed by atoms with E-state index in [9.17, 15) is 5.11 Å². The first-order valence-corrected chi connectivity index (χ1v) is 11.7. The summed E-state index contributed by atoms with van der Waals surface area (Å²) >= 11 is -0.536. The second kappa shape index (κ2) is 10.3. The van der Waals surface area contributed by atoms with E-state index >= 15 is 0 Å². The van der Waals surface area contributed by atoms with E-state index in [1.54, 1.807) is 8.85 Å². The van der Waals surface area contributed by atoms with Crippen molar-refractivity contribution in [2.24, 2.45) is 0 Å². The Labute approximate surface area is 182 Å². The van der Waals surface area contributed by atoms with Gasteiger partial charge in [0.2, 0.25) is 0 Å². The zero-order valence-corrected chi connectivity index (χ0v) is 19.8. The smallest absolute Gasteiger partial charge is 1.00 e. The van der Waals surface area contributed by atoms with E-state index in [0.717, 1.165) is 14.8 Å². The first kappa shape index (κ1) is 23.7. The standard InChI is InChI=1S/C17H23O.C5H5.2ClH.Zr/c1-17(2,3)15-11-7-10-14(16(15)18)12-13-8-5-4-6-9-13;1-2-4-5-3-1;;;/h7-8,10-12,18H,4-6,9H2,1-3H3;1-3H,4H2;2*1H;/q;;;;+2/p-2. The van der Waals surface area contributed by atoms with Crippen LogP contribution in [0.1, 0.15) is 64.0 Å². The molecule has 0 aromatic heterocycles. The first-order chi connectivity index (χ1) is 11.4. The third-order valence-electron chi connectivity index (χ3n) is 5.00. The fourth-order valence-electron chi connectivity index (χ4n) is 3.64. The number of allylic oxidation sites excluding steroid dienone is 5. The van der Waals surface area contributed by atoms with Crippen LogP contribution in [-0.4, -0.2) is 5.11 Å². The maximum absolute atomic E-state index is 10.8. The van der Waals surface area contributed by atoms with E-state index in [1.165, 1.54) is 32.1 Å². The third kappa shape index (κ3) is 5.85. The van der Waals surface area contributed by atoms with Crippen molar-refractivity contribution >= 4 is 6.08 Å². The SMILES string of the molecule is CC(C)(C)c1cccc(C=C2CCCC[CH]2[Zr+2][C]2=CC=CC2)c1O.[Cl-].[Cl-]. The average Bonchev–Trinajstić information content (AvgIpc) is 3.03. The molecule has 1 fully saturated rings. The molecule has 26 heavy (non-hydrogen) atoms. The summed E-state index contributed by atoms with van der Waals surface area (Å²) < 4.78 is 2.54. The molecule has 1 aromatic carbocycles. The van der Waals surface area contributed by atoms with Gasteiger partial charge in [-0.2, -0.15) is 0 Å². The van der Waals surface area contributed by atoms with Gasteiger partial charge < -0.3 is 24.8 Å². The molecule has 0 radical (unpaired) electrons. The van der Waals surface area contributed by atoms with Crippen LogP contribution in [0.5, 0.6) is 5.75 Å². The Morgan fingerprint density at radius 2 is 1.92 bits per heavy atom. The summed E-state index contributed by atoms with van der Waals surface area (Å²) in [6, 6.07) is 6.22. The molecule has 0 saturated heterocycles. The molecule has 0 bridgehead atoms. The van der Waals surface area contributed by atoms with E-state index < -0.39 is 23.2 Å². The molecule has 2 aliphatic carbocycles. The molecule has 1 N–H and O–H groups in total. The number of rotatable bonds is 3. The topological polar surface area (TPSA) is 20.2 Å². The van der Waals surface area contributed by atoms with Gasteiger partial charge in [0.05, 0.1) is 0 Å². The quantitative estimate of drug-likeness (QED) is 0.677. The van der Waals surface area contributed by atoms with Gasteiger partial charge in [0.15, 0.2) is 0 Å². The van der Waals surface area contributed by atoms with Crippen molar-refractivity contribution < 1.29 is 53.2 Å². The fraction of sp³-hybridized carbons (Fsp3) is 0.455. The average molecular weight is 471 g/mol. The van der Waals surface area contributed by atoms with Crippen LogP contribution >= 0.6 is 0 Å². The third-order valence-corrected chi connectivity index (χ3v) is 9.30. The Hall–Kier alpha value is -0.297. The molecule has 0 amide bonds. The van der Waals surface area contributed by atoms with Gasteiger partial charge in [-0.1, -0.05) is 0 Å². The van der Waals surface area contributed by atoms with Gasteiger partial charge in [-0.05, 0) is 0 Å². The zero-order chi connectivity index (χ0) is 17.2. The van der Waals surface area contributed by atoms with Crippen LogP contribution in [0.25, 0.3) is 6.08 Å². The molecule has 0 heterocycles. The summed E-state index contributed by atoms with van der Waals surface area (Å²) in [5.74, 6) is 0.481. The van der Waals surface area contributed by atoms with Gasteiger partial charge in [-0.25, -0.2) is 0 Å². The predicted octanol–water partition coefficient (Wildman–Crippen LogP) is 0.370. The van der Waals surface area contributed by atoms with Gasteiger partial charge in [0.25, 0.3) is 0 Å². The molecular formula is C22H28Cl2OZr. The molecule has 0 spiro atoms. The van der Waals surface area contributed by atoms with Crippen molar-refractivity contribution in [2.75, 3.05) is 0 Å². The van der Waals surface area contributed by atoms with Crippen LogP contribution in [0.15, 0.2) is 45.3 Å². The molecule has 1 saturated carbocycles. The molecule has 0 aliphatic heterocycles. The number of phenols is 1. The summed E-state index contributed by atoms with van der Waals surface area (Å²) in [4.78, 5) is 0. The second-order valence-electron chi connectivity index (χ2n) is 7.98. The summed E-state index contributed by atoms with van der Waals surface area (Å²) in [5, 5.41) is 10.8. The molecule has 140 valence electrons. The van der Waals surface area contributed by atoms with E-state index in [1.807, 2.05) is 0 Å². The molecular weight excluding hydrogens is 442 g/mol. The maximum atomic E-state index is 10.8. The van der Waals surface area contributed by atoms with Crippen LogP contribution < -0.4 is 24.8 Å². The normalized spacial score (nSPS) is 20.8. The van der Waals surface area contributed by atoms with Crippen LogP contribution in [0, 0.1) is 0 Å². The predicted molar refractivity (Wildman–Crippen MR) is 98.8 cm³/mol. The number of hydrogen-bond acceptors (Lipinski definition) is 1. The van der Waals surface area contributed by atoms with E-state index in [-0.39, 0.29) is 30.2 Å². The summed E-state index contributed by atoms with van der Waals surface area (Å²) in [6.07, 6.45) is 15.6.